The zero-order valence-corrected chi connectivity index (χ0v) is 11.8. The summed E-state index contributed by atoms with van der Waals surface area (Å²) in [6.07, 6.45) is 2.96. The highest BCUT2D eigenvalue weighted by molar-refractivity contribution is 6.31. The van der Waals surface area contributed by atoms with Crippen LogP contribution in [0.4, 0.5) is 0 Å². The third-order valence-corrected chi connectivity index (χ3v) is 2.98. The van der Waals surface area contributed by atoms with Gasteiger partial charge in [0.2, 0.25) is 0 Å². The molecule has 0 aliphatic rings. The average molecular weight is 295 g/mol. The Morgan fingerprint density at radius 3 is 3.05 bits per heavy atom. The number of halogens is 1. The SMILES string of the molecule is COc1ccc(Cl)cc1C(=O)NCCCc1ncn[nH]1. The van der Waals surface area contributed by atoms with E-state index in [1.54, 1.807) is 18.2 Å². The molecule has 7 heteroatoms. The van der Waals surface area contributed by atoms with Gasteiger partial charge in [-0.05, 0) is 24.6 Å². The van der Waals surface area contributed by atoms with Crippen LogP contribution in [0.5, 0.6) is 5.75 Å². The number of aromatic nitrogens is 3. The molecule has 1 heterocycles. The van der Waals surface area contributed by atoms with Gasteiger partial charge in [0.1, 0.15) is 17.9 Å². The molecule has 20 heavy (non-hydrogen) atoms. The van der Waals surface area contributed by atoms with Gasteiger partial charge in [-0.2, -0.15) is 5.10 Å². The van der Waals surface area contributed by atoms with Crippen LogP contribution < -0.4 is 10.1 Å². The summed E-state index contributed by atoms with van der Waals surface area (Å²) in [7, 11) is 1.52. The third-order valence-electron chi connectivity index (χ3n) is 2.75. The van der Waals surface area contributed by atoms with Crippen molar-refractivity contribution < 1.29 is 9.53 Å². The molecular weight excluding hydrogens is 280 g/mol. The number of hydrogen-bond donors (Lipinski definition) is 2. The molecule has 2 rings (SSSR count). The standard InChI is InChI=1S/C13H15ClN4O2/c1-20-11-5-4-9(14)7-10(11)13(19)15-6-2-3-12-16-8-17-18-12/h4-5,7-8H,2-3,6H2,1H3,(H,15,19)(H,16,17,18). The molecule has 0 aliphatic carbocycles. The molecule has 1 aromatic heterocycles. The molecule has 0 bridgehead atoms. The summed E-state index contributed by atoms with van der Waals surface area (Å²) in [6.45, 7) is 0.537. The molecule has 0 unspecified atom stereocenters. The summed E-state index contributed by atoms with van der Waals surface area (Å²) in [5.41, 5.74) is 0.430. The van der Waals surface area contributed by atoms with Crippen molar-refractivity contribution in [2.45, 2.75) is 12.8 Å². The normalized spacial score (nSPS) is 10.3. The minimum Gasteiger partial charge on any atom is -0.496 e. The smallest absolute Gasteiger partial charge is 0.255 e. The van der Waals surface area contributed by atoms with Gasteiger partial charge in [-0.1, -0.05) is 11.6 Å². The minimum absolute atomic E-state index is 0.207. The summed E-state index contributed by atoms with van der Waals surface area (Å²) in [4.78, 5) is 16.1. The summed E-state index contributed by atoms with van der Waals surface area (Å²) in [5, 5.41) is 9.85. The molecule has 0 atom stereocenters. The van der Waals surface area contributed by atoms with E-state index in [0.717, 1.165) is 18.7 Å². The van der Waals surface area contributed by atoms with Crippen molar-refractivity contribution in [3.8, 4) is 5.75 Å². The van der Waals surface area contributed by atoms with E-state index < -0.39 is 0 Å². The quantitative estimate of drug-likeness (QED) is 0.797. The van der Waals surface area contributed by atoms with Gasteiger partial charge < -0.3 is 10.1 Å². The van der Waals surface area contributed by atoms with Crippen LogP contribution in [0, 0.1) is 0 Å². The first-order valence-corrected chi connectivity index (χ1v) is 6.54. The highest BCUT2D eigenvalue weighted by atomic mass is 35.5. The molecule has 106 valence electrons. The molecular formula is C13H15ClN4O2. The van der Waals surface area contributed by atoms with E-state index >= 15 is 0 Å². The molecule has 0 spiro atoms. The van der Waals surface area contributed by atoms with Crippen molar-refractivity contribution in [2.75, 3.05) is 13.7 Å². The Hall–Kier alpha value is -2.08. The number of methoxy groups -OCH3 is 1. The van der Waals surface area contributed by atoms with Gasteiger partial charge in [-0.15, -0.1) is 0 Å². The number of aryl methyl sites for hydroxylation is 1. The highest BCUT2D eigenvalue weighted by Gasteiger charge is 2.12. The van der Waals surface area contributed by atoms with E-state index in [1.807, 2.05) is 0 Å². The number of benzene rings is 1. The van der Waals surface area contributed by atoms with Crippen molar-refractivity contribution >= 4 is 17.5 Å². The first-order valence-electron chi connectivity index (χ1n) is 6.16. The van der Waals surface area contributed by atoms with Crippen molar-refractivity contribution in [3.63, 3.8) is 0 Å². The highest BCUT2D eigenvalue weighted by Crippen LogP contribution is 2.22. The van der Waals surface area contributed by atoms with Crippen LogP contribution in [0.25, 0.3) is 0 Å². The predicted octanol–water partition coefficient (Wildman–Crippen LogP) is 1.83. The van der Waals surface area contributed by atoms with Crippen molar-refractivity contribution in [3.05, 3.63) is 40.9 Å². The van der Waals surface area contributed by atoms with E-state index in [-0.39, 0.29) is 5.91 Å². The second kappa shape index (κ2) is 6.91. The number of carbonyl (C=O) groups excluding carboxylic acids is 1. The van der Waals surface area contributed by atoms with Gasteiger partial charge in [0.05, 0.1) is 12.7 Å². The molecule has 2 aromatic rings. The van der Waals surface area contributed by atoms with Gasteiger partial charge in [0, 0.05) is 18.0 Å². The van der Waals surface area contributed by atoms with Crippen LogP contribution in [0.15, 0.2) is 24.5 Å². The number of nitrogens with zero attached hydrogens (tertiary/aromatic N) is 2. The van der Waals surface area contributed by atoms with E-state index in [4.69, 9.17) is 16.3 Å². The molecule has 0 radical (unpaired) electrons. The fourth-order valence-corrected chi connectivity index (χ4v) is 1.93. The van der Waals surface area contributed by atoms with Crippen LogP contribution in [0.2, 0.25) is 5.02 Å². The molecule has 2 N–H and O–H groups in total. The topological polar surface area (TPSA) is 79.9 Å². The Morgan fingerprint density at radius 2 is 2.35 bits per heavy atom. The van der Waals surface area contributed by atoms with Gasteiger partial charge in [0.25, 0.3) is 5.91 Å². The number of amides is 1. The lowest BCUT2D eigenvalue weighted by atomic mass is 10.2. The van der Waals surface area contributed by atoms with Crippen LogP contribution in [0.3, 0.4) is 0 Å². The van der Waals surface area contributed by atoms with E-state index in [0.29, 0.717) is 22.9 Å². The largest absolute Gasteiger partial charge is 0.496 e. The van der Waals surface area contributed by atoms with Gasteiger partial charge >= 0.3 is 0 Å². The maximum absolute atomic E-state index is 12.1. The molecule has 1 aromatic carbocycles. The second-order valence-corrected chi connectivity index (χ2v) is 4.57. The second-order valence-electron chi connectivity index (χ2n) is 4.14. The van der Waals surface area contributed by atoms with Crippen molar-refractivity contribution in [2.24, 2.45) is 0 Å². The molecule has 0 saturated carbocycles. The van der Waals surface area contributed by atoms with Crippen LogP contribution in [0.1, 0.15) is 22.6 Å². The Morgan fingerprint density at radius 1 is 1.50 bits per heavy atom. The predicted molar refractivity (Wildman–Crippen MR) is 75.0 cm³/mol. The number of H-pyrrole nitrogens is 1. The summed E-state index contributed by atoms with van der Waals surface area (Å²) < 4.78 is 5.14. The van der Waals surface area contributed by atoms with Crippen LogP contribution in [-0.4, -0.2) is 34.7 Å². The Kier molecular flexibility index (Phi) is 4.95. The van der Waals surface area contributed by atoms with Gasteiger partial charge in [-0.25, -0.2) is 4.98 Å². The lowest BCUT2D eigenvalue weighted by molar-refractivity contribution is 0.0950. The fourth-order valence-electron chi connectivity index (χ4n) is 1.76. The monoisotopic (exact) mass is 294 g/mol. The summed E-state index contributed by atoms with van der Waals surface area (Å²) in [6, 6.07) is 4.94. The maximum atomic E-state index is 12.1. The van der Waals surface area contributed by atoms with Crippen molar-refractivity contribution in [1.29, 1.82) is 0 Å². The van der Waals surface area contributed by atoms with Gasteiger partial charge in [0.15, 0.2) is 0 Å². The zero-order valence-electron chi connectivity index (χ0n) is 11.0. The number of nitrogens with one attached hydrogen (secondary N) is 2. The minimum atomic E-state index is -0.207. The molecule has 6 nitrogen and oxygen atoms in total. The first-order chi connectivity index (χ1) is 9.70. The number of aromatic amines is 1. The molecule has 0 fully saturated rings. The van der Waals surface area contributed by atoms with Crippen LogP contribution >= 0.6 is 11.6 Å². The Labute approximate surface area is 121 Å². The maximum Gasteiger partial charge on any atom is 0.255 e. The lowest BCUT2D eigenvalue weighted by Gasteiger charge is -2.09. The average Bonchev–Trinajstić information content (AvgIpc) is 2.96. The summed E-state index contributed by atoms with van der Waals surface area (Å²) in [5.74, 6) is 1.10. The number of hydrogen-bond acceptors (Lipinski definition) is 4. The fraction of sp³-hybridized carbons (Fsp3) is 0.308. The van der Waals surface area contributed by atoms with E-state index in [2.05, 4.69) is 20.5 Å². The Bertz CT molecular complexity index is 572. The number of rotatable bonds is 6. The molecule has 1 amide bonds. The van der Waals surface area contributed by atoms with E-state index in [1.165, 1.54) is 13.4 Å². The molecule has 0 aliphatic heterocycles. The number of ether oxygens (including phenoxy) is 1. The zero-order chi connectivity index (χ0) is 14.4. The van der Waals surface area contributed by atoms with Crippen molar-refractivity contribution in [1.82, 2.24) is 20.5 Å². The first kappa shape index (κ1) is 14.3. The van der Waals surface area contributed by atoms with Gasteiger partial charge in [-0.3, -0.25) is 9.89 Å². The molecule has 0 saturated heterocycles. The summed E-state index contributed by atoms with van der Waals surface area (Å²) >= 11 is 5.89. The Balaban J connectivity index is 1.87. The van der Waals surface area contributed by atoms with Crippen LogP contribution in [-0.2, 0) is 6.42 Å². The number of carbonyl (C=O) groups is 1. The lowest BCUT2D eigenvalue weighted by Crippen LogP contribution is -2.25. The van der Waals surface area contributed by atoms with E-state index in [9.17, 15) is 4.79 Å². The third kappa shape index (κ3) is 3.71.